The monoisotopic (exact) mass is 265 g/mol. The van der Waals surface area contributed by atoms with Crippen molar-refractivity contribution in [3.8, 4) is 0 Å². The highest BCUT2D eigenvalue weighted by molar-refractivity contribution is 5.33. The number of benzene rings is 2. The third-order valence-electron chi connectivity index (χ3n) is 4.26. The minimum atomic E-state index is 0.653. The Morgan fingerprint density at radius 3 is 2.60 bits per heavy atom. The van der Waals surface area contributed by atoms with E-state index in [1.54, 1.807) is 5.56 Å². The zero-order valence-corrected chi connectivity index (χ0v) is 12.4. The lowest BCUT2D eigenvalue weighted by Gasteiger charge is -2.26. The van der Waals surface area contributed by atoms with Gasteiger partial charge in [-0.3, -0.25) is 0 Å². The van der Waals surface area contributed by atoms with Gasteiger partial charge in [-0.1, -0.05) is 53.6 Å². The van der Waals surface area contributed by atoms with Crippen LogP contribution in [0, 0.1) is 13.8 Å². The van der Waals surface area contributed by atoms with Crippen LogP contribution < -0.4 is 5.32 Å². The van der Waals surface area contributed by atoms with Gasteiger partial charge in [-0.25, -0.2) is 0 Å². The Kier molecular flexibility index (Phi) is 3.88. The molecule has 1 N–H and O–H groups in total. The molecule has 0 radical (unpaired) electrons. The first-order valence-corrected chi connectivity index (χ1v) is 7.58. The summed E-state index contributed by atoms with van der Waals surface area (Å²) in [6.07, 6.45) is 2.40. The van der Waals surface area contributed by atoms with Gasteiger partial charge in [-0.2, -0.15) is 0 Å². The van der Waals surface area contributed by atoms with Crippen LogP contribution in [0.3, 0.4) is 0 Å². The molecule has 1 heterocycles. The second-order valence-corrected chi connectivity index (χ2v) is 6.06. The number of nitrogens with one attached hydrogen (secondary N) is 1. The highest BCUT2D eigenvalue weighted by Gasteiger charge is 2.18. The number of aryl methyl sites for hydroxylation is 3. The highest BCUT2D eigenvalue weighted by atomic mass is 14.9. The molecule has 1 unspecified atom stereocenters. The van der Waals surface area contributed by atoms with Crippen LogP contribution in [0.25, 0.3) is 0 Å². The lowest BCUT2D eigenvalue weighted by atomic mass is 9.86. The van der Waals surface area contributed by atoms with Crippen molar-refractivity contribution in [3.63, 3.8) is 0 Å². The molecule has 20 heavy (non-hydrogen) atoms. The summed E-state index contributed by atoms with van der Waals surface area (Å²) in [6, 6.07) is 15.8. The van der Waals surface area contributed by atoms with E-state index in [4.69, 9.17) is 0 Å². The molecule has 0 spiro atoms. The van der Waals surface area contributed by atoms with E-state index in [2.05, 4.69) is 61.6 Å². The molecule has 1 aliphatic heterocycles. The van der Waals surface area contributed by atoms with Crippen molar-refractivity contribution in [1.82, 2.24) is 5.32 Å². The standard InChI is InChI=1S/C19H23N/c1-14-9-15(2)11-16(10-14)7-8-18-13-20-12-17-5-3-4-6-19(17)18/h3-6,9-11,18,20H,7-8,12-13H2,1-2H3. The summed E-state index contributed by atoms with van der Waals surface area (Å²) in [5.41, 5.74) is 7.26. The minimum Gasteiger partial charge on any atom is -0.312 e. The van der Waals surface area contributed by atoms with E-state index in [0.29, 0.717) is 5.92 Å². The van der Waals surface area contributed by atoms with E-state index < -0.39 is 0 Å². The third kappa shape index (κ3) is 2.94. The molecule has 2 aromatic rings. The largest absolute Gasteiger partial charge is 0.312 e. The molecular formula is C19H23N. The van der Waals surface area contributed by atoms with Crippen molar-refractivity contribution >= 4 is 0 Å². The van der Waals surface area contributed by atoms with Crippen molar-refractivity contribution in [3.05, 3.63) is 70.3 Å². The second-order valence-electron chi connectivity index (χ2n) is 6.06. The van der Waals surface area contributed by atoms with Crippen LogP contribution >= 0.6 is 0 Å². The summed E-state index contributed by atoms with van der Waals surface area (Å²) in [5, 5.41) is 3.55. The predicted molar refractivity (Wildman–Crippen MR) is 85.1 cm³/mol. The molecule has 1 aliphatic rings. The molecule has 0 bridgehead atoms. The molecule has 0 aromatic heterocycles. The summed E-state index contributed by atoms with van der Waals surface area (Å²) in [6.45, 7) is 6.51. The maximum Gasteiger partial charge on any atom is 0.0208 e. The Balaban J connectivity index is 1.73. The molecule has 1 heteroatoms. The van der Waals surface area contributed by atoms with E-state index in [-0.39, 0.29) is 0 Å². The van der Waals surface area contributed by atoms with Gasteiger partial charge in [0.25, 0.3) is 0 Å². The molecule has 0 amide bonds. The summed E-state index contributed by atoms with van der Waals surface area (Å²) in [4.78, 5) is 0. The molecule has 104 valence electrons. The van der Waals surface area contributed by atoms with Gasteiger partial charge in [-0.15, -0.1) is 0 Å². The summed E-state index contributed by atoms with van der Waals surface area (Å²) >= 11 is 0. The Morgan fingerprint density at radius 1 is 1.05 bits per heavy atom. The fourth-order valence-corrected chi connectivity index (χ4v) is 3.40. The van der Waals surface area contributed by atoms with Crippen molar-refractivity contribution in [2.75, 3.05) is 6.54 Å². The first kappa shape index (κ1) is 13.4. The Hall–Kier alpha value is -1.60. The van der Waals surface area contributed by atoms with Gasteiger partial charge >= 0.3 is 0 Å². The smallest absolute Gasteiger partial charge is 0.0208 e. The average Bonchev–Trinajstić information content (AvgIpc) is 2.44. The van der Waals surface area contributed by atoms with Crippen LogP contribution in [0.1, 0.15) is 40.2 Å². The fourth-order valence-electron chi connectivity index (χ4n) is 3.40. The quantitative estimate of drug-likeness (QED) is 0.880. The maximum atomic E-state index is 3.55. The van der Waals surface area contributed by atoms with Crippen LogP contribution in [0.2, 0.25) is 0 Å². The normalized spacial score (nSPS) is 17.8. The Bertz CT molecular complexity index is 580. The predicted octanol–water partition coefficient (Wildman–Crippen LogP) is 4.12. The van der Waals surface area contributed by atoms with Crippen LogP contribution in [-0.2, 0) is 13.0 Å². The molecule has 0 saturated heterocycles. The number of rotatable bonds is 3. The molecule has 1 atom stereocenters. The van der Waals surface area contributed by atoms with E-state index in [0.717, 1.165) is 13.1 Å². The fraction of sp³-hybridized carbons (Fsp3) is 0.368. The second kappa shape index (κ2) is 5.80. The zero-order chi connectivity index (χ0) is 13.9. The highest BCUT2D eigenvalue weighted by Crippen LogP contribution is 2.28. The van der Waals surface area contributed by atoms with Crippen molar-refractivity contribution in [1.29, 1.82) is 0 Å². The van der Waals surface area contributed by atoms with Crippen molar-refractivity contribution in [2.45, 2.75) is 39.2 Å². The topological polar surface area (TPSA) is 12.0 Å². The minimum absolute atomic E-state index is 0.653. The van der Waals surface area contributed by atoms with Gasteiger partial charge in [0.1, 0.15) is 0 Å². The maximum absolute atomic E-state index is 3.55. The molecule has 0 fully saturated rings. The van der Waals surface area contributed by atoms with E-state index in [1.807, 2.05) is 0 Å². The van der Waals surface area contributed by atoms with Crippen LogP contribution in [0.4, 0.5) is 0 Å². The molecule has 2 aromatic carbocycles. The summed E-state index contributed by atoms with van der Waals surface area (Å²) in [5.74, 6) is 0.653. The Labute approximate surface area is 122 Å². The number of hydrogen-bond donors (Lipinski definition) is 1. The molecule has 3 rings (SSSR count). The average molecular weight is 265 g/mol. The molecule has 0 aliphatic carbocycles. The van der Waals surface area contributed by atoms with Gasteiger partial charge < -0.3 is 5.32 Å². The lowest BCUT2D eigenvalue weighted by molar-refractivity contribution is 0.514. The van der Waals surface area contributed by atoms with Gasteiger partial charge in [-0.05, 0) is 49.3 Å². The van der Waals surface area contributed by atoms with Gasteiger partial charge in [0.15, 0.2) is 0 Å². The van der Waals surface area contributed by atoms with Crippen molar-refractivity contribution < 1.29 is 0 Å². The van der Waals surface area contributed by atoms with Gasteiger partial charge in [0.05, 0.1) is 0 Å². The number of hydrogen-bond acceptors (Lipinski definition) is 1. The summed E-state index contributed by atoms with van der Waals surface area (Å²) in [7, 11) is 0. The Morgan fingerprint density at radius 2 is 1.80 bits per heavy atom. The molecule has 0 saturated carbocycles. The van der Waals surface area contributed by atoms with E-state index in [9.17, 15) is 0 Å². The number of fused-ring (bicyclic) bond motifs is 1. The van der Waals surface area contributed by atoms with Gasteiger partial charge in [0.2, 0.25) is 0 Å². The van der Waals surface area contributed by atoms with Crippen molar-refractivity contribution in [2.24, 2.45) is 0 Å². The van der Waals surface area contributed by atoms with E-state index in [1.165, 1.54) is 35.1 Å². The first-order chi connectivity index (χ1) is 9.72. The third-order valence-corrected chi connectivity index (χ3v) is 4.26. The van der Waals surface area contributed by atoms with Crippen LogP contribution in [0.5, 0.6) is 0 Å². The SMILES string of the molecule is Cc1cc(C)cc(CCC2CNCc3ccccc32)c1. The molecule has 1 nitrogen and oxygen atoms in total. The zero-order valence-electron chi connectivity index (χ0n) is 12.4. The van der Waals surface area contributed by atoms with Crippen LogP contribution in [-0.4, -0.2) is 6.54 Å². The van der Waals surface area contributed by atoms with E-state index >= 15 is 0 Å². The first-order valence-electron chi connectivity index (χ1n) is 7.58. The van der Waals surface area contributed by atoms with Crippen LogP contribution in [0.15, 0.2) is 42.5 Å². The molecular weight excluding hydrogens is 242 g/mol. The lowest BCUT2D eigenvalue weighted by Crippen LogP contribution is -2.28. The van der Waals surface area contributed by atoms with Gasteiger partial charge in [0, 0.05) is 13.1 Å². The summed E-state index contributed by atoms with van der Waals surface area (Å²) < 4.78 is 0.